The average Bonchev–Trinajstić information content (AvgIpc) is 3.18. The van der Waals surface area contributed by atoms with Crippen LogP contribution in [0.2, 0.25) is 0 Å². The molecule has 0 aliphatic carbocycles. The molecule has 1 heterocycles. The molecule has 0 bridgehead atoms. The molecule has 0 saturated heterocycles. The van der Waals surface area contributed by atoms with Gasteiger partial charge in [0.1, 0.15) is 5.82 Å². The molecule has 1 nitrogen and oxygen atoms in total. The third-order valence-electron chi connectivity index (χ3n) is 4.61. The van der Waals surface area contributed by atoms with Gasteiger partial charge < -0.3 is 0 Å². The maximum absolute atomic E-state index is 13.4. The van der Waals surface area contributed by atoms with Crippen molar-refractivity contribution in [1.29, 1.82) is 0 Å². The maximum Gasteiger partial charge on any atom is 0.123 e. The summed E-state index contributed by atoms with van der Waals surface area (Å²) in [5, 5.41) is 1.10. The Morgan fingerprint density at radius 3 is 2.18 bits per heavy atom. The van der Waals surface area contributed by atoms with Crippen LogP contribution in [-0.2, 0) is 12.8 Å². The van der Waals surface area contributed by atoms with Gasteiger partial charge in [-0.25, -0.2) is 9.37 Å². The van der Waals surface area contributed by atoms with Crippen LogP contribution in [0.5, 0.6) is 0 Å². The lowest BCUT2D eigenvalue weighted by molar-refractivity contribution is 0.628. The van der Waals surface area contributed by atoms with E-state index >= 15 is 0 Å². The number of benzene rings is 3. The van der Waals surface area contributed by atoms with Crippen LogP contribution in [0.25, 0.3) is 21.7 Å². The van der Waals surface area contributed by atoms with E-state index in [2.05, 4.69) is 54.8 Å². The molecule has 4 aromatic rings. The smallest absolute Gasteiger partial charge is 0.123 e. The third-order valence-corrected chi connectivity index (χ3v) is 6.52. The van der Waals surface area contributed by atoms with Crippen LogP contribution in [0, 0.1) is 5.82 Å². The standard InChI is InChI=1S/C24H20FNS2/c1-27-21-14-10-19(11-15-21)24-23(18-8-12-20(25)13-9-18)26-22(28-24)16-7-17-5-3-2-4-6-17/h2-6,8-15H,7,16H2,1H3. The number of hydrogen-bond donors (Lipinski definition) is 0. The molecule has 0 atom stereocenters. The number of halogens is 1. The van der Waals surface area contributed by atoms with E-state index in [0.717, 1.165) is 39.5 Å². The van der Waals surface area contributed by atoms with Gasteiger partial charge in [-0.15, -0.1) is 23.1 Å². The molecule has 0 aliphatic rings. The molecule has 0 amide bonds. The zero-order chi connectivity index (χ0) is 19.3. The first-order chi connectivity index (χ1) is 13.7. The number of nitrogens with zero attached hydrogens (tertiary/aromatic N) is 1. The number of thiazole rings is 1. The van der Waals surface area contributed by atoms with Crippen molar-refractivity contribution in [3.8, 4) is 21.7 Å². The van der Waals surface area contributed by atoms with E-state index in [4.69, 9.17) is 4.98 Å². The molecule has 4 heteroatoms. The summed E-state index contributed by atoms with van der Waals surface area (Å²) in [5.74, 6) is -0.228. The summed E-state index contributed by atoms with van der Waals surface area (Å²) in [5.41, 5.74) is 4.35. The van der Waals surface area contributed by atoms with Crippen molar-refractivity contribution in [3.05, 3.63) is 95.3 Å². The van der Waals surface area contributed by atoms with Gasteiger partial charge in [-0.05, 0) is 60.2 Å². The Morgan fingerprint density at radius 1 is 0.821 bits per heavy atom. The average molecular weight is 406 g/mol. The minimum absolute atomic E-state index is 0.228. The first-order valence-electron chi connectivity index (χ1n) is 9.17. The van der Waals surface area contributed by atoms with Crippen LogP contribution in [-0.4, -0.2) is 11.2 Å². The largest absolute Gasteiger partial charge is 0.241 e. The molecular formula is C24H20FNS2. The molecule has 0 aliphatic heterocycles. The summed E-state index contributed by atoms with van der Waals surface area (Å²) in [6.45, 7) is 0. The number of rotatable bonds is 6. The number of aromatic nitrogens is 1. The molecule has 0 radical (unpaired) electrons. The van der Waals surface area contributed by atoms with E-state index in [1.807, 2.05) is 18.2 Å². The summed E-state index contributed by atoms with van der Waals surface area (Å²) in [7, 11) is 0. The van der Waals surface area contributed by atoms with Crippen LogP contribution in [0.1, 0.15) is 10.6 Å². The van der Waals surface area contributed by atoms with Gasteiger partial charge in [0.05, 0.1) is 15.6 Å². The normalized spacial score (nSPS) is 10.9. The Hall–Kier alpha value is -2.43. The molecule has 4 rings (SSSR count). The molecule has 0 unspecified atom stereocenters. The first kappa shape index (κ1) is 18.9. The molecule has 0 fully saturated rings. The lowest BCUT2D eigenvalue weighted by Crippen LogP contribution is -1.90. The topological polar surface area (TPSA) is 12.9 Å². The van der Waals surface area contributed by atoms with Crippen molar-refractivity contribution in [2.24, 2.45) is 0 Å². The Bertz CT molecular complexity index is 1040. The summed E-state index contributed by atoms with van der Waals surface area (Å²) in [6.07, 6.45) is 3.93. The van der Waals surface area contributed by atoms with Crippen molar-refractivity contribution in [2.45, 2.75) is 17.7 Å². The zero-order valence-corrected chi connectivity index (χ0v) is 17.2. The zero-order valence-electron chi connectivity index (χ0n) is 15.6. The van der Waals surface area contributed by atoms with E-state index in [-0.39, 0.29) is 5.82 Å². The second-order valence-electron chi connectivity index (χ2n) is 6.51. The van der Waals surface area contributed by atoms with Gasteiger partial charge >= 0.3 is 0 Å². The van der Waals surface area contributed by atoms with Gasteiger partial charge in [0.15, 0.2) is 0 Å². The maximum atomic E-state index is 13.4. The fraction of sp³-hybridized carbons (Fsp3) is 0.125. The van der Waals surface area contributed by atoms with E-state index < -0.39 is 0 Å². The van der Waals surface area contributed by atoms with E-state index in [0.29, 0.717) is 0 Å². The monoisotopic (exact) mass is 405 g/mol. The van der Waals surface area contributed by atoms with Gasteiger partial charge in [0.2, 0.25) is 0 Å². The molecule has 0 N–H and O–H groups in total. The quantitative estimate of drug-likeness (QED) is 0.317. The summed E-state index contributed by atoms with van der Waals surface area (Å²) < 4.78 is 13.4. The van der Waals surface area contributed by atoms with Crippen LogP contribution < -0.4 is 0 Å². The molecule has 140 valence electrons. The van der Waals surface area contributed by atoms with Gasteiger partial charge in [-0.3, -0.25) is 0 Å². The number of aryl methyl sites for hydroxylation is 2. The van der Waals surface area contributed by atoms with Gasteiger partial charge in [-0.2, -0.15) is 0 Å². The van der Waals surface area contributed by atoms with E-state index in [9.17, 15) is 4.39 Å². The minimum Gasteiger partial charge on any atom is -0.241 e. The van der Waals surface area contributed by atoms with Gasteiger partial charge in [-0.1, -0.05) is 42.5 Å². The van der Waals surface area contributed by atoms with Crippen molar-refractivity contribution in [3.63, 3.8) is 0 Å². The lowest BCUT2D eigenvalue weighted by atomic mass is 10.1. The summed E-state index contributed by atoms with van der Waals surface area (Å²) in [4.78, 5) is 7.31. The summed E-state index contributed by atoms with van der Waals surface area (Å²) >= 11 is 3.46. The minimum atomic E-state index is -0.228. The molecule has 28 heavy (non-hydrogen) atoms. The van der Waals surface area contributed by atoms with Crippen LogP contribution in [0.4, 0.5) is 4.39 Å². The van der Waals surface area contributed by atoms with Gasteiger partial charge in [0.25, 0.3) is 0 Å². The van der Waals surface area contributed by atoms with E-state index in [1.165, 1.54) is 22.6 Å². The molecule has 1 aromatic heterocycles. The highest BCUT2D eigenvalue weighted by Gasteiger charge is 2.15. The Kier molecular flexibility index (Phi) is 5.89. The van der Waals surface area contributed by atoms with Crippen molar-refractivity contribution >= 4 is 23.1 Å². The Balaban J connectivity index is 1.69. The Morgan fingerprint density at radius 2 is 1.50 bits per heavy atom. The Labute approximate surface area is 173 Å². The number of hydrogen-bond acceptors (Lipinski definition) is 3. The second-order valence-corrected chi connectivity index (χ2v) is 8.47. The van der Waals surface area contributed by atoms with Crippen LogP contribution in [0.3, 0.4) is 0 Å². The van der Waals surface area contributed by atoms with Crippen LogP contribution in [0.15, 0.2) is 83.8 Å². The highest BCUT2D eigenvalue weighted by atomic mass is 32.2. The van der Waals surface area contributed by atoms with Gasteiger partial charge in [0, 0.05) is 16.9 Å². The lowest BCUT2D eigenvalue weighted by Gasteiger charge is -2.04. The van der Waals surface area contributed by atoms with Crippen molar-refractivity contribution in [2.75, 3.05) is 6.26 Å². The predicted octanol–water partition coefficient (Wildman–Crippen LogP) is 7.12. The van der Waals surface area contributed by atoms with Crippen LogP contribution >= 0.6 is 23.1 Å². The molecular weight excluding hydrogens is 385 g/mol. The molecule has 0 saturated carbocycles. The third kappa shape index (κ3) is 4.34. The molecule has 3 aromatic carbocycles. The fourth-order valence-corrected chi connectivity index (χ4v) is 4.61. The van der Waals surface area contributed by atoms with Crippen molar-refractivity contribution < 1.29 is 4.39 Å². The summed E-state index contributed by atoms with van der Waals surface area (Å²) in [6, 6.07) is 25.7. The van der Waals surface area contributed by atoms with Crippen molar-refractivity contribution in [1.82, 2.24) is 4.98 Å². The first-order valence-corrected chi connectivity index (χ1v) is 11.2. The second kappa shape index (κ2) is 8.72. The highest BCUT2D eigenvalue weighted by molar-refractivity contribution is 7.98. The predicted molar refractivity (Wildman–Crippen MR) is 119 cm³/mol. The number of thioether (sulfide) groups is 1. The highest BCUT2D eigenvalue weighted by Crippen LogP contribution is 2.38. The molecule has 0 spiro atoms. The fourth-order valence-electron chi connectivity index (χ4n) is 3.11. The SMILES string of the molecule is CSc1ccc(-c2sc(CCc3ccccc3)nc2-c2ccc(F)cc2)cc1. The van der Waals surface area contributed by atoms with E-state index in [1.54, 1.807) is 23.1 Å².